The smallest absolute Gasteiger partial charge is 0.374 e. The minimum Gasteiger partial charge on any atom is -0.374 e. The van der Waals surface area contributed by atoms with Crippen molar-refractivity contribution in [3.8, 4) is 0 Å². The van der Waals surface area contributed by atoms with Crippen LogP contribution in [0, 0.1) is 0 Å². The van der Waals surface area contributed by atoms with Crippen LogP contribution in [0.5, 0.6) is 0 Å². The number of rotatable bonds is 3. The van der Waals surface area contributed by atoms with Crippen molar-refractivity contribution in [1.82, 2.24) is 5.32 Å². The molecule has 0 spiro atoms. The van der Waals surface area contributed by atoms with Crippen LogP contribution in [0.4, 0.5) is 13.2 Å². The molecule has 1 aliphatic heterocycles. The molecule has 3 N–H and O–H groups in total. The molecule has 104 valence electrons. The normalized spacial score (nSPS) is 22.9. The third-order valence-electron chi connectivity index (χ3n) is 3.06. The lowest BCUT2D eigenvalue weighted by Crippen LogP contribution is -2.59. The number of hydrogen-bond acceptors (Lipinski definition) is 3. The summed E-state index contributed by atoms with van der Waals surface area (Å²) >= 11 is 0. The summed E-state index contributed by atoms with van der Waals surface area (Å²) in [6.07, 6.45) is -4.44. The van der Waals surface area contributed by atoms with Gasteiger partial charge >= 0.3 is 6.18 Å². The van der Waals surface area contributed by atoms with E-state index in [1.165, 1.54) is 0 Å². The van der Waals surface area contributed by atoms with Crippen LogP contribution in [0.3, 0.4) is 0 Å². The number of carbonyl (C=O) groups is 1. The van der Waals surface area contributed by atoms with Gasteiger partial charge in [0.15, 0.2) is 0 Å². The Hall–Kier alpha value is -1.60. The van der Waals surface area contributed by atoms with Crippen LogP contribution in [-0.4, -0.2) is 25.2 Å². The summed E-state index contributed by atoms with van der Waals surface area (Å²) in [7, 11) is 0. The van der Waals surface area contributed by atoms with Gasteiger partial charge in [0.2, 0.25) is 5.91 Å². The molecule has 0 aliphatic carbocycles. The first kappa shape index (κ1) is 13.8. The standard InChI is InChI=1S/C12H13F3N2O2/c13-12(14,15)6-17-11(10(16)18)7-19-5-8-3-1-2-4-9(8)11/h1-4,17H,5-7H2,(H2,16,18). The zero-order valence-electron chi connectivity index (χ0n) is 9.96. The van der Waals surface area contributed by atoms with Crippen LogP contribution in [0.25, 0.3) is 0 Å². The predicted molar refractivity (Wildman–Crippen MR) is 61.0 cm³/mol. The van der Waals surface area contributed by atoms with Crippen LogP contribution in [0.1, 0.15) is 11.1 Å². The maximum atomic E-state index is 12.4. The average molecular weight is 274 g/mol. The topological polar surface area (TPSA) is 64.4 Å². The first-order chi connectivity index (χ1) is 8.85. The van der Waals surface area contributed by atoms with Crippen molar-refractivity contribution in [2.24, 2.45) is 5.73 Å². The summed E-state index contributed by atoms with van der Waals surface area (Å²) in [5.41, 5.74) is 4.76. The second-order valence-corrected chi connectivity index (χ2v) is 4.39. The Morgan fingerprint density at radius 1 is 1.42 bits per heavy atom. The lowest BCUT2D eigenvalue weighted by molar-refractivity contribution is -0.141. The Morgan fingerprint density at radius 2 is 2.11 bits per heavy atom. The molecule has 1 heterocycles. The lowest BCUT2D eigenvalue weighted by Gasteiger charge is -2.37. The van der Waals surface area contributed by atoms with Crippen molar-refractivity contribution in [3.63, 3.8) is 0 Å². The highest BCUT2D eigenvalue weighted by molar-refractivity contribution is 5.87. The summed E-state index contributed by atoms with van der Waals surface area (Å²) in [6.45, 7) is -1.28. The van der Waals surface area contributed by atoms with Crippen molar-refractivity contribution in [3.05, 3.63) is 35.4 Å². The van der Waals surface area contributed by atoms with E-state index in [-0.39, 0.29) is 13.2 Å². The molecule has 1 amide bonds. The summed E-state index contributed by atoms with van der Waals surface area (Å²) in [5, 5.41) is 2.21. The fourth-order valence-corrected chi connectivity index (χ4v) is 2.14. The highest BCUT2D eigenvalue weighted by Gasteiger charge is 2.45. The number of primary amides is 1. The van der Waals surface area contributed by atoms with Gasteiger partial charge in [-0.15, -0.1) is 0 Å². The monoisotopic (exact) mass is 274 g/mol. The van der Waals surface area contributed by atoms with Crippen molar-refractivity contribution < 1.29 is 22.7 Å². The van der Waals surface area contributed by atoms with E-state index in [2.05, 4.69) is 5.32 Å². The van der Waals surface area contributed by atoms with Gasteiger partial charge in [0.1, 0.15) is 5.54 Å². The van der Waals surface area contributed by atoms with E-state index >= 15 is 0 Å². The third kappa shape index (κ3) is 2.71. The molecule has 0 saturated carbocycles. The zero-order valence-corrected chi connectivity index (χ0v) is 9.96. The van der Waals surface area contributed by atoms with Gasteiger partial charge in [0.25, 0.3) is 0 Å². The van der Waals surface area contributed by atoms with Crippen LogP contribution in [-0.2, 0) is 21.7 Å². The second kappa shape index (κ2) is 4.82. The van der Waals surface area contributed by atoms with Crippen LogP contribution in [0.15, 0.2) is 24.3 Å². The molecule has 0 radical (unpaired) electrons. The minimum atomic E-state index is -4.44. The summed E-state index contributed by atoms with van der Waals surface area (Å²) in [4.78, 5) is 11.7. The van der Waals surface area contributed by atoms with E-state index in [0.717, 1.165) is 0 Å². The number of hydrogen-bond donors (Lipinski definition) is 2. The molecule has 19 heavy (non-hydrogen) atoms. The van der Waals surface area contributed by atoms with Crippen molar-refractivity contribution >= 4 is 5.91 Å². The molecule has 1 aliphatic rings. The number of alkyl halides is 3. The van der Waals surface area contributed by atoms with E-state index in [0.29, 0.717) is 11.1 Å². The lowest BCUT2D eigenvalue weighted by atomic mass is 9.84. The largest absolute Gasteiger partial charge is 0.401 e. The van der Waals surface area contributed by atoms with E-state index < -0.39 is 24.2 Å². The zero-order chi connectivity index (χ0) is 14.1. The number of halogens is 3. The second-order valence-electron chi connectivity index (χ2n) is 4.39. The van der Waals surface area contributed by atoms with Crippen molar-refractivity contribution in [2.45, 2.75) is 18.3 Å². The Balaban J connectivity index is 2.38. The van der Waals surface area contributed by atoms with E-state index in [4.69, 9.17) is 10.5 Å². The molecule has 0 aromatic heterocycles. The Bertz CT molecular complexity index is 490. The first-order valence-electron chi connectivity index (χ1n) is 5.63. The maximum absolute atomic E-state index is 12.4. The quantitative estimate of drug-likeness (QED) is 0.866. The molecule has 1 aromatic rings. The molecule has 1 aromatic carbocycles. The van der Waals surface area contributed by atoms with E-state index in [9.17, 15) is 18.0 Å². The van der Waals surface area contributed by atoms with Gasteiger partial charge in [0, 0.05) is 0 Å². The molecule has 1 atom stereocenters. The van der Waals surface area contributed by atoms with Gasteiger partial charge in [-0.25, -0.2) is 0 Å². The predicted octanol–water partition coefficient (Wildman–Crippen LogP) is 1.05. The molecule has 0 saturated heterocycles. The van der Waals surface area contributed by atoms with E-state index in [1.807, 2.05) is 0 Å². The molecule has 0 bridgehead atoms. The van der Waals surface area contributed by atoms with Gasteiger partial charge in [-0.3, -0.25) is 10.1 Å². The Kier molecular flexibility index (Phi) is 3.51. The Labute approximate surface area is 107 Å². The number of nitrogens with two attached hydrogens (primary N) is 1. The molecular formula is C12H13F3N2O2. The highest BCUT2D eigenvalue weighted by atomic mass is 19.4. The van der Waals surface area contributed by atoms with Gasteiger partial charge < -0.3 is 10.5 Å². The number of fused-ring (bicyclic) bond motifs is 1. The first-order valence-corrected chi connectivity index (χ1v) is 5.63. The van der Waals surface area contributed by atoms with Gasteiger partial charge in [-0.05, 0) is 11.1 Å². The minimum absolute atomic E-state index is 0.213. The number of nitrogens with one attached hydrogen (secondary N) is 1. The van der Waals surface area contributed by atoms with E-state index in [1.54, 1.807) is 24.3 Å². The number of ether oxygens (including phenoxy) is 1. The van der Waals surface area contributed by atoms with Crippen molar-refractivity contribution in [2.75, 3.05) is 13.2 Å². The van der Waals surface area contributed by atoms with Gasteiger partial charge in [-0.1, -0.05) is 24.3 Å². The highest BCUT2D eigenvalue weighted by Crippen LogP contribution is 2.31. The molecule has 4 nitrogen and oxygen atoms in total. The van der Waals surface area contributed by atoms with Gasteiger partial charge in [-0.2, -0.15) is 13.2 Å². The fraction of sp³-hybridized carbons (Fsp3) is 0.417. The SMILES string of the molecule is NC(=O)C1(NCC(F)(F)F)COCc2ccccc21. The molecule has 7 heteroatoms. The summed E-state index contributed by atoms with van der Waals surface area (Å²) in [6, 6.07) is 6.66. The number of benzene rings is 1. The maximum Gasteiger partial charge on any atom is 0.401 e. The van der Waals surface area contributed by atoms with Crippen LogP contribution in [0.2, 0.25) is 0 Å². The average Bonchev–Trinajstić information content (AvgIpc) is 2.35. The van der Waals surface area contributed by atoms with Crippen LogP contribution < -0.4 is 11.1 Å². The molecule has 1 unspecified atom stereocenters. The summed E-state index contributed by atoms with van der Waals surface area (Å²) < 4.78 is 42.3. The van der Waals surface area contributed by atoms with Gasteiger partial charge in [0.05, 0.1) is 19.8 Å². The Morgan fingerprint density at radius 3 is 2.74 bits per heavy atom. The molecule has 2 rings (SSSR count). The molecular weight excluding hydrogens is 261 g/mol. The van der Waals surface area contributed by atoms with Crippen LogP contribution >= 0.6 is 0 Å². The molecule has 0 fully saturated rings. The van der Waals surface area contributed by atoms with Crippen molar-refractivity contribution in [1.29, 1.82) is 0 Å². The fourth-order valence-electron chi connectivity index (χ4n) is 2.14. The number of carbonyl (C=O) groups excluding carboxylic acids is 1. The third-order valence-corrected chi connectivity index (χ3v) is 3.06. The number of amides is 1. The summed E-state index contributed by atoms with van der Waals surface area (Å²) in [5.74, 6) is -0.885.